The molecule has 1 N–H and O–H groups in total. The second kappa shape index (κ2) is 5.27. The number of aromatic carboxylic acids is 1. The quantitative estimate of drug-likeness (QED) is 0.901. The Kier molecular flexibility index (Phi) is 3.52. The van der Waals surface area contributed by atoms with Gasteiger partial charge in [0.05, 0.1) is 11.8 Å². The van der Waals surface area contributed by atoms with Gasteiger partial charge in [-0.2, -0.15) is 0 Å². The van der Waals surface area contributed by atoms with E-state index < -0.39 is 11.8 Å². The van der Waals surface area contributed by atoms with Crippen LogP contribution in [0.15, 0.2) is 42.7 Å². The molecule has 0 bridgehead atoms. The van der Waals surface area contributed by atoms with Crippen LogP contribution in [-0.2, 0) is 6.61 Å². The Labute approximate surface area is 103 Å². The molecule has 0 atom stereocenters. The topological polar surface area (TPSA) is 59.4 Å². The highest BCUT2D eigenvalue weighted by atomic mass is 19.1. The second-order valence-electron chi connectivity index (χ2n) is 3.63. The third-order valence-corrected chi connectivity index (χ3v) is 2.25. The monoisotopic (exact) mass is 247 g/mol. The van der Waals surface area contributed by atoms with E-state index in [1.54, 1.807) is 12.1 Å². The summed E-state index contributed by atoms with van der Waals surface area (Å²) in [5.41, 5.74) is 0.723. The molecule has 1 aromatic carbocycles. The minimum Gasteiger partial charge on any atom is -0.489 e. The van der Waals surface area contributed by atoms with Crippen LogP contribution < -0.4 is 4.74 Å². The first kappa shape index (κ1) is 12.0. The van der Waals surface area contributed by atoms with Crippen LogP contribution >= 0.6 is 0 Å². The molecule has 0 fully saturated rings. The first-order valence-corrected chi connectivity index (χ1v) is 5.21. The number of ether oxygens (including phenoxy) is 1. The molecule has 0 amide bonds. The fourth-order valence-corrected chi connectivity index (χ4v) is 1.42. The molecule has 0 saturated carbocycles. The standard InChI is InChI=1S/C13H10FNO3/c14-11-4-9(6-15-7-11)8-18-12-3-1-2-10(5-12)13(16)17/h1-7H,8H2,(H,16,17). The number of benzene rings is 1. The average molecular weight is 247 g/mol. The number of carboxylic acids is 1. The van der Waals surface area contributed by atoms with Crippen molar-refractivity contribution in [2.45, 2.75) is 6.61 Å². The maximum atomic E-state index is 12.9. The minimum absolute atomic E-state index is 0.133. The van der Waals surface area contributed by atoms with Crippen molar-refractivity contribution < 1.29 is 19.0 Å². The summed E-state index contributed by atoms with van der Waals surface area (Å²) in [4.78, 5) is 14.5. The highest BCUT2D eigenvalue weighted by Gasteiger charge is 2.04. The summed E-state index contributed by atoms with van der Waals surface area (Å²) in [6.07, 6.45) is 2.60. The molecule has 0 aliphatic rings. The summed E-state index contributed by atoms with van der Waals surface area (Å²) >= 11 is 0. The molecular formula is C13H10FNO3. The molecule has 0 spiro atoms. The van der Waals surface area contributed by atoms with Gasteiger partial charge in [0.25, 0.3) is 0 Å². The van der Waals surface area contributed by atoms with Crippen molar-refractivity contribution in [1.82, 2.24) is 4.98 Å². The molecule has 2 rings (SSSR count). The highest BCUT2D eigenvalue weighted by molar-refractivity contribution is 5.87. The zero-order valence-corrected chi connectivity index (χ0v) is 9.34. The lowest BCUT2D eigenvalue weighted by Gasteiger charge is -2.06. The normalized spacial score (nSPS) is 10.1. The van der Waals surface area contributed by atoms with E-state index in [0.29, 0.717) is 11.3 Å². The van der Waals surface area contributed by atoms with Crippen molar-refractivity contribution >= 4 is 5.97 Å². The third-order valence-electron chi connectivity index (χ3n) is 2.25. The number of aromatic nitrogens is 1. The van der Waals surface area contributed by atoms with Gasteiger partial charge in [0.15, 0.2) is 0 Å². The lowest BCUT2D eigenvalue weighted by atomic mass is 10.2. The molecule has 2 aromatic rings. The van der Waals surface area contributed by atoms with Gasteiger partial charge in [0, 0.05) is 11.8 Å². The van der Waals surface area contributed by atoms with Crippen LogP contribution in [0.4, 0.5) is 4.39 Å². The fraction of sp³-hybridized carbons (Fsp3) is 0.0769. The molecule has 0 aliphatic carbocycles. The molecular weight excluding hydrogens is 237 g/mol. The van der Waals surface area contributed by atoms with Crippen LogP contribution in [0.25, 0.3) is 0 Å². The van der Waals surface area contributed by atoms with E-state index >= 15 is 0 Å². The fourth-order valence-electron chi connectivity index (χ4n) is 1.42. The first-order chi connectivity index (χ1) is 8.65. The average Bonchev–Trinajstić information content (AvgIpc) is 2.37. The van der Waals surface area contributed by atoms with Crippen LogP contribution in [0.3, 0.4) is 0 Å². The molecule has 0 unspecified atom stereocenters. The number of hydrogen-bond acceptors (Lipinski definition) is 3. The molecule has 0 radical (unpaired) electrons. The van der Waals surface area contributed by atoms with Gasteiger partial charge in [-0.25, -0.2) is 9.18 Å². The van der Waals surface area contributed by atoms with Gasteiger partial charge in [-0.3, -0.25) is 4.98 Å². The van der Waals surface area contributed by atoms with Crippen molar-refractivity contribution in [3.63, 3.8) is 0 Å². The van der Waals surface area contributed by atoms with Gasteiger partial charge >= 0.3 is 5.97 Å². The minimum atomic E-state index is -1.02. The number of pyridine rings is 1. The molecule has 0 saturated heterocycles. The van der Waals surface area contributed by atoms with E-state index in [1.165, 1.54) is 24.4 Å². The van der Waals surface area contributed by atoms with Gasteiger partial charge in [-0.15, -0.1) is 0 Å². The Morgan fingerprint density at radius 3 is 2.89 bits per heavy atom. The molecule has 1 aromatic heterocycles. The van der Waals surface area contributed by atoms with Gasteiger partial charge in [-0.05, 0) is 24.3 Å². The van der Waals surface area contributed by atoms with Crippen LogP contribution in [0, 0.1) is 5.82 Å². The predicted octanol–water partition coefficient (Wildman–Crippen LogP) is 2.50. The van der Waals surface area contributed by atoms with E-state index in [2.05, 4.69) is 4.98 Å². The highest BCUT2D eigenvalue weighted by Crippen LogP contribution is 2.15. The van der Waals surface area contributed by atoms with Gasteiger partial charge < -0.3 is 9.84 Å². The van der Waals surface area contributed by atoms with E-state index in [4.69, 9.17) is 9.84 Å². The first-order valence-electron chi connectivity index (χ1n) is 5.21. The Morgan fingerprint density at radius 1 is 1.33 bits per heavy atom. The number of nitrogens with zero attached hydrogens (tertiary/aromatic N) is 1. The maximum absolute atomic E-state index is 12.9. The summed E-state index contributed by atoms with van der Waals surface area (Å²) in [5.74, 6) is -1.04. The molecule has 5 heteroatoms. The predicted molar refractivity (Wildman–Crippen MR) is 61.9 cm³/mol. The van der Waals surface area contributed by atoms with Gasteiger partial charge in [0.1, 0.15) is 18.2 Å². The van der Waals surface area contributed by atoms with Crippen LogP contribution in [0.5, 0.6) is 5.75 Å². The zero-order valence-electron chi connectivity index (χ0n) is 9.34. The van der Waals surface area contributed by atoms with Crippen molar-refractivity contribution in [2.75, 3.05) is 0 Å². The lowest BCUT2D eigenvalue weighted by molar-refractivity contribution is 0.0696. The van der Waals surface area contributed by atoms with Crippen molar-refractivity contribution in [2.24, 2.45) is 0 Å². The van der Waals surface area contributed by atoms with E-state index in [-0.39, 0.29) is 12.2 Å². The summed E-state index contributed by atoms with van der Waals surface area (Å²) in [6.45, 7) is 0.133. The van der Waals surface area contributed by atoms with E-state index in [9.17, 15) is 9.18 Å². The molecule has 1 heterocycles. The number of hydrogen-bond donors (Lipinski definition) is 1. The Bertz CT molecular complexity index is 572. The summed E-state index contributed by atoms with van der Waals surface area (Å²) in [6, 6.07) is 7.42. The summed E-state index contributed by atoms with van der Waals surface area (Å²) < 4.78 is 18.2. The number of rotatable bonds is 4. The summed E-state index contributed by atoms with van der Waals surface area (Å²) in [7, 11) is 0. The Balaban J connectivity index is 2.06. The molecule has 0 aliphatic heterocycles. The second-order valence-corrected chi connectivity index (χ2v) is 3.63. The number of halogens is 1. The lowest BCUT2D eigenvalue weighted by Crippen LogP contribution is -1.99. The largest absolute Gasteiger partial charge is 0.489 e. The molecule has 92 valence electrons. The van der Waals surface area contributed by atoms with E-state index in [1.807, 2.05) is 0 Å². The number of carboxylic acid groups (broad SMARTS) is 1. The Hall–Kier alpha value is -2.43. The van der Waals surface area contributed by atoms with Crippen molar-refractivity contribution in [3.05, 3.63) is 59.7 Å². The Morgan fingerprint density at radius 2 is 2.17 bits per heavy atom. The third kappa shape index (κ3) is 3.04. The van der Waals surface area contributed by atoms with Crippen LogP contribution in [0.1, 0.15) is 15.9 Å². The molecule has 18 heavy (non-hydrogen) atoms. The van der Waals surface area contributed by atoms with Crippen molar-refractivity contribution in [1.29, 1.82) is 0 Å². The van der Waals surface area contributed by atoms with Gasteiger partial charge in [-0.1, -0.05) is 6.07 Å². The number of carbonyl (C=O) groups is 1. The zero-order chi connectivity index (χ0) is 13.0. The van der Waals surface area contributed by atoms with Crippen LogP contribution in [0.2, 0.25) is 0 Å². The maximum Gasteiger partial charge on any atom is 0.335 e. The van der Waals surface area contributed by atoms with E-state index in [0.717, 1.165) is 6.20 Å². The SMILES string of the molecule is O=C(O)c1cccc(OCc2cncc(F)c2)c1. The van der Waals surface area contributed by atoms with Gasteiger partial charge in [0.2, 0.25) is 0 Å². The molecule has 4 nitrogen and oxygen atoms in total. The van der Waals surface area contributed by atoms with Crippen molar-refractivity contribution in [3.8, 4) is 5.75 Å². The summed E-state index contributed by atoms with van der Waals surface area (Å²) in [5, 5.41) is 8.82. The van der Waals surface area contributed by atoms with Crippen LogP contribution in [-0.4, -0.2) is 16.1 Å². The smallest absolute Gasteiger partial charge is 0.335 e.